The maximum atomic E-state index is 4.66. The van der Waals surface area contributed by atoms with Crippen molar-refractivity contribution in [3.8, 4) is 11.3 Å². The molecule has 0 spiro atoms. The zero-order valence-electron chi connectivity index (χ0n) is 11.6. The number of hydrogen-bond donors (Lipinski definition) is 1. The molecule has 0 fully saturated rings. The number of aromatic nitrogens is 3. The molecule has 2 aromatic heterocycles. The van der Waals surface area contributed by atoms with E-state index in [0.29, 0.717) is 17.1 Å². The molecule has 0 amide bonds. The number of benzene rings is 1. The standard InChI is InChI=1S/C14H13N5OS/c1-9(13-10(2)18-20-19-13)16-17-14-15-12(8-21-14)11-6-4-3-5-7-11/h3-8H,1-2H3,(H,15,17). The SMILES string of the molecule is CC(=NNc1nc(-c2ccccc2)cs1)c1nonc1C. The Bertz CT molecular complexity index is 763. The molecule has 6 nitrogen and oxygen atoms in total. The summed E-state index contributed by atoms with van der Waals surface area (Å²) in [5.41, 5.74) is 7.00. The number of rotatable bonds is 4. The summed E-state index contributed by atoms with van der Waals surface area (Å²) in [7, 11) is 0. The van der Waals surface area contributed by atoms with Crippen molar-refractivity contribution in [3.05, 3.63) is 47.1 Å². The van der Waals surface area contributed by atoms with Gasteiger partial charge in [-0.3, -0.25) is 5.43 Å². The summed E-state index contributed by atoms with van der Waals surface area (Å²) in [6.45, 7) is 3.66. The second-order valence-electron chi connectivity index (χ2n) is 4.41. The van der Waals surface area contributed by atoms with Gasteiger partial charge in [-0.25, -0.2) is 9.61 Å². The topological polar surface area (TPSA) is 76.2 Å². The summed E-state index contributed by atoms with van der Waals surface area (Å²) in [5, 5.41) is 14.5. The van der Waals surface area contributed by atoms with Crippen LogP contribution >= 0.6 is 11.3 Å². The number of thiazole rings is 1. The van der Waals surface area contributed by atoms with Crippen LogP contribution in [0, 0.1) is 6.92 Å². The largest absolute Gasteiger partial charge is 0.252 e. The Kier molecular flexibility index (Phi) is 3.74. The van der Waals surface area contributed by atoms with Crippen LogP contribution < -0.4 is 5.43 Å². The first kappa shape index (κ1) is 13.4. The second kappa shape index (κ2) is 5.84. The van der Waals surface area contributed by atoms with Crippen molar-refractivity contribution in [3.63, 3.8) is 0 Å². The van der Waals surface area contributed by atoms with E-state index in [9.17, 15) is 0 Å². The number of hydrazone groups is 1. The molecule has 0 atom stereocenters. The molecule has 0 radical (unpaired) electrons. The first-order valence-electron chi connectivity index (χ1n) is 6.35. The fraction of sp³-hybridized carbons (Fsp3) is 0.143. The lowest BCUT2D eigenvalue weighted by atomic mass is 10.2. The van der Waals surface area contributed by atoms with Crippen LogP contribution in [0.4, 0.5) is 5.13 Å². The van der Waals surface area contributed by atoms with Gasteiger partial charge in [-0.1, -0.05) is 35.5 Å². The fourth-order valence-electron chi connectivity index (χ4n) is 1.81. The average Bonchev–Trinajstić information content (AvgIpc) is 3.15. The van der Waals surface area contributed by atoms with Gasteiger partial charge in [-0.15, -0.1) is 11.3 Å². The summed E-state index contributed by atoms with van der Waals surface area (Å²) < 4.78 is 4.66. The molecule has 106 valence electrons. The van der Waals surface area contributed by atoms with Gasteiger partial charge in [0.2, 0.25) is 5.13 Å². The summed E-state index contributed by atoms with van der Waals surface area (Å²) >= 11 is 1.50. The molecule has 0 aliphatic rings. The number of anilines is 1. The quantitative estimate of drug-likeness (QED) is 0.590. The van der Waals surface area contributed by atoms with E-state index in [0.717, 1.165) is 16.4 Å². The highest BCUT2D eigenvalue weighted by atomic mass is 32.1. The van der Waals surface area contributed by atoms with E-state index in [1.54, 1.807) is 0 Å². The van der Waals surface area contributed by atoms with Crippen LogP contribution in [-0.4, -0.2) is 21.0 Å². The zero-order valence-corrected chi connectivity index (χ0v) is 12.4. The second-order valence-corrected chi connectivity index (χ2v) is 5.27. The van der Waals surface area contributed by atoms with Crippen molar-refractivity contribution in [2.45, 2.75) is 13.8 Å². The predicted molar refractivity (Wildman–Crippen MR) is 82.4 cm³/mol. The van der Waals surface area contributed by atoms with Crippen molar-refractivity contribution >= 4 is 22.2 Å². The summed E-state index contributed by atoms with van der Waals surface area (Å²) in [5.74, 6) is 0. The average molecular weight is 299 g/mol. The summed E-state index contributed by atoms with van der Waals surface area (Å²) in [6.07, 6.45) is 0. The molecule has 1 aromatic carbocycles. The maximum absolute atomic E-state index is 4.66. The monoisotopic (exact) mass is 299 g/mol. The zero-order chi connectivity index (χ0) is 14.7. The van der Waals surface area contributed by atoms with Crippen LogP contribution in [0.1, 0.15) is 18.3 Å². The summed E-state index contributed by atoms with van der Waals surface area (Å²) in [4.78, 5) is 4.50. The van der Waals surface area contributed by atoms with E-state index < -0.39 is 0 Å². The Morgan fingerprint density at radius 3 is 2.76 bits per heavy atom. The van der Waals surface area contributed by atoms with Crippen LogP contribution in [0.2, 0.25) is 0 Å². The van der Waals surface area contributed by atoms with Gasteiger partial charge in [0.25, 0.3) is 0 Å². The predicted octanol–water partition coefficient (Wildman–Crippen LogP) is 3.34. The van der Waals surface area contributed by atoms with Crippen molar-refractivity contribution in [2.24, 2.45) is 5.10 Å². The first-order valence-corrected chi connectivity index (χ1v) is 7.23. The van der Waals surface area contributed by atoms with E-state index in [-0.39, 0.29) is 0 Å². The third-order valence-corrected chi connectivity index (χ3v) is 3.64. The molecule has 2 heterocycles. The van der Waals surface area contributed by atoms with Crippen LogP contribution in [-0.2, 0) is 0 Å². The molecule has 0 saturated heterocycles. The van der Waals surface area contributed by atoms with E-state index in [1.165, 1.54) is 11.3 Å². The molecular formula is C14H13N5OS. The lowest BCUT2D eigenvalue weighted by molar-refractivity contribution is 0.304. The molecule has 3 rings (SSSR count). The number of aryl methyl sites for hydroxylation is 1. The molecule has 0 unspecified atom stereocenters. The van der Waals surface area contributed by atoms with Crippen LogP contribution in [0.3, 0.4) is 0 Å². The van der Waals surface area contributed by atoms with Crippen molar-refractivity contribution in [1.82, 2.24) is 15.3 Å². The van der Waals surface area contributed by atoms with E-state index in [2.05, 4.69) is 30.5 Å². The minimum Gasteiger partial charge on any atom is -0.252 e. The van der Waals surface area contributed by atoms with E-state index in [4.69, 9.17) is 0 Å². The third kappa shape index (κ3) is 2.97. The molecule has 0 aliphatic carbocycles. The normalized spacial score (nSPS) is 11.6. The van der Waals surface area contributed by atoms with E-state index >= 15 is 0 Å². The minimum absolute atomic E-state index is 0.641. The Balaban J connectivity index is 1.75. The van der Waals surface area contributed by atoms with Crippen molar-refractivity contribution in [1.29, 1.82) is 0 Å². The van der Waals surface area contributed by atoms with Crippen LogP contribution in [0.25, 0.3) is 11.3 Å². The number of nitrogens with zero attached hydrogens (tertiary/aromatic N) is 4. The fourth-order valence-corrected chi connectivity index (χ4v) is 2.47. The first-order chi connectivity index (χ1) is 10.2. The van der Waals surface area contributed by atoms with Gasteiger partial charge in [0.1, 0.15) is 5.69 Å². The highest BCUT2D eigenvalue weighted by Gasteiger charge is 2.09. The Morgan fingerprint density at radius 1 is 1.24 bits per heavy atom. The van der Waals surface area contributed by atoms with Gasteiger partial charge in [-0.05, 0) is 19.0 Å². The Hall–Kier alpha value is -2.54. The van der Waals surface area contributed by atoms with Crippen LogP contribution in [0.15, 0.2) is 45.4 Å². The van der Waals surface area contributed by atoms with E-state index in [1.807, 2.05) is 49.6 Å². The molecule has 0 saturated carbocycles. The highest BCUT2D eigenvalue weighted by Crippen LogP contribution is 2.24. The molecule has 0 bridgehead atoms. The van der Waals surface area contributed by atoms with Crippen LogP contribution in [0.5, 0.6) is 0 Å². The lowest BCUT2D eigenvalue weighted by Crippen LogP contribution is -2.01. The minimum atomic E-state index is 0.641. The molecule has 1 N–H and O–H groups in total. The Labute approximate surface area is 125 Å². The van der Waals surface area contributed by atoms with Gasteiger partial charge >= 0.3 is 0 Å². The van der Waals surface area contributed by atoms with Crippen molar-refractivity contribution < 1.29 is 4.63 Å². The number of hydrogen-bond acceptors (Lipinski definition) is 7. The smallest absolute Gasteiger partial charge is 0.203 e. The van der Waals surface area contributed by atoms with Gasteiger partial charge in [0.05, 0.1) is 11.4 Å². The van der Waals surface area contributed by atoms with Gasteiger partial charge in [-0.2, -0.15) is 5.10 Å². The highest BCUT2D eigenvalue weighted by molar-refractivity contribution is 7.14. The van der Waals surface area contributed by atoms with Gasteiger partial charge < -0.3 is 0 Å². The molecule has 0 aliphatic heterocycles. The lowest BCUT2D eigenvalue weighted by Gasteiger charge is -1.97. The van der Waals surface area contributed by atoms with Gasteiger partial charge in [0.15, 0.2) is 5.69 Å². The third-order valence-electron chi connectivity index (χ3n) is 2.89. The maximum Gasteiger partial charge on any atom is 0.203 e. The molecular weight excluding hydrogens is 286 g/mol. The van der Waals surface area contributed by atoms with Crippen molar-refractivity contribution in [2.75, 3.05) is 5.43 Å². The number of nitrogens with one attached hydrogen (secondary N) is 1. The molecule has 21 heavy (non-hydrogen) atoms. The molecule has 3 aromatic rings. The summed E-state index contributed by atoms with van der Waals surface area (Å²) in [6, 6.07) is 10.0. The Morgan fingerprint density at radius 2 is 2.05 bits per heavy atom. The van der Waals surface area contributed by atoms with Gasteiger partial charge in [0, 0.05) is 10.9 Å². The molecule has 7 heteroatoms.